The molecule has 68 valence electrons. The summed E-state index contributed by atoms with van der Waals surface area (Å²) in [5.41, 5.74) is 13.4. The van der Waals surface area contributed by atoms with Crippen molar-refractivity contribution in [2.75, 3.05) is 5.73 Å². The Bertz CT molecular complexity index is 461. The third kappa shape index (κ3) is 1.90. The first-order valence-electron chi connectivity index (χ1n) is 3.24. The highest BCUT2D eigenvalue weighted by Crippen LogP contribution is 2.19. The van der Waals surface area contributed by atoms with Crippen LogP contribution in [0.4, 0.5) is 5.69 Å². The number of nitrogen functional groups attached to an aromatic ring is 1. The zero-order valence-corrected chi connectivity index (χ0v) is 7.27. The fourth-order valence-electron chi connectivity index (χ4n) is 0.808. The molecule has 0 spiro atoms. The number of hydrogen-bond donors (Lipinski definition) is 1. The van der Waals surface area contributed by atoms with Crippen molar-refractivity contribution in [1.82, 2.24) is 0 Å². The maximum absolute atomic E-state index is 11.2. The van der Waals surface area contributed by atoms with Gasteiger partial charge in [0.25, 0.3) is 10.0 Å². The normalized spacial score (nSPS) is 10.5. The van der Waals surface area contributed by atoms with Crippen molar-refractivity contribution in [1.29, 1.82) is 0 Å². The Morgan fingerprint density at radius 2 is 2.00 bits per heavy atom. The van der Waals surface area contributed by atoms with Crippen LogP contribution in [-0.4, -0.2) is 8.42 Å². The van der Waals surface area contributed by atoms with Crippen LogP contribution in [0.1, 0.15) is 0 Å². The van der Waals surface area contributed by atoms with Gasteiger partial charge in [-0.1, -0.05) is 12.1 Å². The Kier molecular flexibility index (Phi) is 2.41. The average Bonchev–Trinajstić information content (AvgIpc) is 2.04. The minimum absolute atomic E-state index is 0.0647. The van der Waals surface area contributed by atoms with Crippen LogP contribution < -0.4 is 5.73 Å². The van der Waals surface area contributed by atoms with E-state index in [2.05, 4.69) is 9.43 Å². The monoisotopic (exact) mass is 198 g/mol. The lowest BCUT2D eigenvalue weighted by molar-refractivity contribution is 0.598. The zero-order chi connectivity index (χ0) is 9.90. The van der Waals surface area contributed by atoms with Crippen LogP contribution in [0.25, 0.3) is 10.4 Å². The number of sulfonamides is 1. The van der Waals surface area contributed by atoms with E-state index in [0.29, 0.717) is 0 Å². The Morgan fingerprint density at radius 1 is 1.38 bits per heavy atom. The standard InChI is InChI=1S/C6H6N4O2S/c7-5-3-1-2-4-6(5)13(11,12)10-9-8/h1-4H,7H2. The van der Waals surface area contributed by atoms with E-state index >= 15 is 0 Å². The molecule has 2 N–H and O–H groups in total. The first-order valence-corrected chi connectivity index (χ1v) is 4.68. The van der Waals surface area contributed by atoms with Gasteiger partial charge in [-0.2, -0.15) is 0 Å². The molecule has 0 aromatic heterocycles. The molecule has 1 aromatic carbocycles. The fourth-order valence-corrected chi connectivity index (χ4v) is 1.61. The lowest BCUT2D eigenvalue weighted by Gasteiger charge is -1.99. The summed E-state index contributed by atoms with van der Waals surface area (Å²) < 4.78 is 25.0. The SMILES string of the molecule is [N-]=[N+]=NS(=O)(=O)c1ccccc1N. The Balaban J connectivity index is 3.39. The quantitative estimate of drug-likeness (QED) is 0.334. The number of anilines is 1. The Morgan fingerprint density at radius 3 is 2.54 bits per heavy atom. The van der Waals surface area contributed by atoms with E-state index in [9.17, 15) is 8.42 Å². The summed E-state index contributed by atoms with van der Waals surface area (Å²) in [5, 5.41) is 0. The van der Waals surface area contributed by atoms with Crippen LogP contribution in [0.2, 0.25) is 0 Å². The van der Waals surface area contributed by atoms with Crippen LogP contribution in [0.5, 0.6) is 0 Å². The van der Waals surface area contributed by atoms with Gasteiger partial charge in [-0.15, -0.1) is 0 Å². The molecule has 13 heavy (non-hydrogen) atoms. The van der Waals surface area contributed by atoms with E-state index in [1.807, 2.05) is 0 Å². The minimum atomic E-state index is -3.96. The second-order valence-electron chi connectivity index (χ2n) is 2.18. The summed E-state index contributed by atoms with van der Waals surface area (Å²) in [7, 11) is -3.96. The summed E-state index contributed by atoms with van der Waals surface area (Å²) in [4.78, 5) is 2.03. The van der Waals surface area contributed by atoms with Gasteiger partial charge in [0.15, 0.2) is 0 Å². The number of hydrogen-bond acceptors (Lipinski definition) is 3. The molecule has 0 saturated carbocycles. The van der Waals surface area contributed by atoms with Crippen molar-refractivity contribution in [3.8, 4) is 0 Å². The summed E-state index contributed by atoms with van der Waals surface area (Å²) in [5.74, 6) is 0. The molecule has 0 heterocycles. The highest BCUT2D eigenvalue weighted by Gasteiger charge is 2.14. The molecule has 0 atom stereocenters. The van der Waals surface area contributed by atoms with Gasteiger partial charge in [0.1, 0.15) is 0 Å². The summed E-state index contributed by atoms with van der Waals surface area (Å²) in [6.45, 7) is 0. The lowest BCUT2D eigenvalue weighted by atomic mass is 10.3. The molecule has 1 aromatic rings. The molecular weight excluding hydrogens is 192 g/mol. The van der Waals surface area contributed by atoms with Crippen LogP contribution in [0, 0.1) is 0 Å². The van der Waals surface area contributed by atoms with Gasteiger partial charge in [-0.3, -0.25) is 0 Å². The van der Waals surface area contributed by atoms with Gasteiger partial charge in [-0.25, -0.2) is 8.42 Å². The highest BCUT2D eigenvalue weighted by atomic mass is 32.2. The van der Waals surface area contributed by atoms with Crippen LogP contribution in [0.15, 0.2) is 33.7 Å². The minimum Gasteiger partial charge on any atom is -0.398 e. The van der Waals surface area contributed by atoms with Gasteiger partial charge < -0.3 is 5.73 Å². The number of nitrogens with zero attached hydrogens (tertiary/aromatic N) is 3. The zero-order valence-electron chi connectivity index (χ0n) is 6.45. The summed E-state index contributed by atoms with van der Waals surface area (Å²) in [6, 6.07) is 5.78. The number of azide groups is 1. The molecule has 1 rings (SSSR count). The van der Waals surface area contributed by atoms with E-state index in [0.717, 1.165) is 0 Å². The average molecular weight is 198 g/mol. The van der Waals surface area contributed by atoms with E-state index in [4.69, 9.17) is 11.3 Å². The molecule has 0 aliphatic heterocycles. The molecule has 0 amide bonds. The number of para-hydroxylation sites is 1. The Labute approximate surface area is 74.7 Å². The molecule has 0 saturated heterocycles. The van der Waals surface area contributed by atoms with E-state index < -0.39 is 10.0 Å². The number of rotatable bonds is 2. The predicted octanol–water partition coefficient (Wildman–Crippen LogP) is 1.27. The van der Waals surface area contributed by atoms with Crippen molar-refractivity contribution in [2.45, 2.75) is 4.90 Å². The van der Waals surface area contributed by atoms with Gasteiger partial charge in [-0.05, 0) is 17.7 Å². The van der Waals surface area contributed by atoms with Crippen molar-refractivity contribution in [2.24, 2.45) is 4.52 Å². The third-order valence-corrected chi connectivity index (χ3v) is 2.56. The van der Waals surface area contributed by atoms with Gasteiger partial charge in [0.2, 0.25) is 0 Å². The molecule has 0 unspecified atom stereocenters. The van der Waals surface area contributed by atoms with Crippen LogP contribution in [-0.2, 0) is 10.0 Å². The highest BCUT2D eigenvalue weighted by molar-refractivity contribution is 7.90. The first kappa shape index (κ1) is 9.37. The maximum Gasteiger partial charge on any atom is 0.266 e. The van der Waals surface area contributed by atoms with E-state index in [1.165, 1.54) is 18.2 Å². The van der Waals surface area contributed by atoms with Gasteiger partial charge in [0.05, 0.1) is 10.6 Å². The van der Waals surface area contributed by atoms with Crippen molar-refractivity contribution < 1.29 is 8.42 Å². The number of benzene rings is 1. The van der Waals surface area contributed by atoms with Gasteiger partial charge in [0, 0.05) is 9.43 Å². The maximum atomic E-state index is 11.2. The lowest BCUT2D eigenvalue weighted by Crippen LogP contribution is -2.00. The fraction of sp³-hybridized carbons (Fsp3) is 0. The second-order valence-corrected chi connectivity index (χ2v) is 3.74. The Hall–Kier alpha value is -1.72. The molecule has 0 aliphatic rings. The third-order valence-electron chi connectivity index (χ3n) is 1.34. The van der Waals surface area contributed by atoms with E-state index in [-0.39, 0.29) is 10.6 Å². The van der Waals surface area contributed by atoms with E-state index in [1.54, 1.807) is 6.07 Å². The first-order chi connectivity index (χ1) is 6.08. The molecule has 0 bridgehead atoms. The van der Waals surface area contributed by atoms with Crippen LogP contribution >= 0.6 is 0 Å². The van der Waals surface area contributed by atoms with Crippen LogP contribution in [0.3, 0.4) is 0 Å². The molecule has 0 aliphatic carbocycles. The molecule has 0 radical (unpaired) electrons. The van der Waals surface area contributed by atoms with Crippen molar-refractivity contribution in [3.63, 3.8) is 0 Å². The molecule has 0 fully saturated rings. The predicted molar refractivity (Wildman–Crippen MR) is 47.2 cm³/mol. The van der Waals surface area contributed by atoms with Crippen molar-refractivity contribution in [3.05, 3.63) is 34.7 Å². The largest absolute Gasteiger partial charge is 0.398 e. The molecular formula is C6H6N4O2S. The number of nitrogens with two attached hydrogens (primary N) is 1. The smallest absolute Gasteiger partial charge is 0.266 e. The van der Waals surface area contributed by atoms with Gasteiger partial charge >= 0.3 is 0 Å². The topological polar surface area (TPSA) is 109 Å². The summed E-state index contributed by atoms with van der Waals surface area (Å²) >= 11 is 0. The molecule has 6 nitrogen and oxygen atoms in total. The summed E-state index contributed by atoms with van der Waals surface area (Å²) in [6.07, 6.45) is 0. The second kappa shape index (κ2) is 3.34. The molecule has 7 heteroatoms. The van der Waals surface area contributed by atoms with Crippen molar-refractivity contribution >= 4 is 15.7 Å².